The number of nitrogens with zero attached hydrogens (tertiary/aromatic N) is 1. The molecule has 0 radical (unpaired) electrons. The van der Waals surface area contributed by atoms with Crippen molar-refractivity contribution in [1.29, 1.82) is 0 Å². The minimum absolute atomic E-state index is 0.0261. The Morgan fingerprint density at radius 2 is 1.68 bits per heavy atom. The largest absolute Gasteiger partial charge is 0.326 e. The molecule has 0 aliphatic rings. The quantitative estimate of drug-likeness (QED) is 0.758. The number of hydrogen-bond donors (Lipinski definition) is 2. The third-order valence-electron chi connectivity index (χ3n) is 3.59. The summed E-state index contributed by atoms with van der Waals surface area (Å²) in [6, 6.07) is 8.99. The second-order valence-electron chi connectivity index (χ2n) is 5.40. The molecular formula is C17H13F2N3O3. The molecule has 0 unspecified atom stereocenters. The maximum absolute atomic E-state index is 13.1. The van der Waals surface area contributed by atoms with E-state index in [4.69, 9.17) is 0 Å². The van der Waals surface area contributed by atoms with Crippen molar-refractivity contribution in [1.82, 2.24) is 9.78 Å². The standard InChI is InChI=1S/C17H13F2N3O3/c18-10-7-11(19)9-12(8-10)20-15(23)5-6-22-17(25)14-4-2-1-3-13(14)16(24)21-22/h1-4,7-9H,5-6H2,(H,20,23)(H,21,24). The van der Waals surface area contributed by atoms with Gasteiger partial charge in [0.25, 0.3) is 11.1 Å². The molecule has 0 spiro atoms. The number of aryl methyl sites for hydroxylation is 1. The number of amides is 1. The highest BCUT2D eigenvalue weighted by Gasteiger charge is 2.09. The molecule has 3 rings (SSSR count). The van der Waals surface area contributed by atoms with Crippen LogP contribution in [0, 0.1) is 11.6 Å². The Morgan fingerprint density at radius 3 is 2.36 bits per heavy atom. The van der Waals surface area contributed by atoms with Gasteiger partial charge in [0.05, 0.1) is 17.3 Å². The van der Waals surface area contributed by atoms with Crippen LogP contribution in [0.1, 0.15) is 6.42 Å². The number of H-pyrrole nitrogens is 1. The molecule has 2 N–H and O–H groups in total. The van der Waals surface area contributed by atoms with Crippen LogP contribution in [-0.2, 0) is 11.3 Å². The fourth-order valence-electron chi connectivity index (χ4n) is 2.47. The Hall–Kier alpha value is -3.29. The normalized spacial score (nSPS) is 10.8. The summed E-state index contributed by atoms with van der Waals surface area (Å²) in [5.74, 6) is -2.18. The van der Waals surface area contributed by atoms with Crippen LogP contribution in [0.15, 0.2) is 52.1 Å². The van der Waals surface area contributed by atoms with Crippen molar-refractivity contribution in [2.45, 2.75) is 13.0 Å². The fraction of sp³-hybridized carbons (Fsp3) is 0.118. The maximum atomic E-state index is 13.1. The molecule has 6 nitrogen and oxygen atoms in total. The molecule has 0 aliphatic heterocycles. The molecule has 1 aromatic heterocycles. The first-order valence-corrected chi connectivity index (χ1v) is 7.42. The molecular weight excluding hydrogens is 332 g/mol. The van der Waals surface area contributed by atoms with E-state index in [0.717, 1.165) is 16.8 Å². The zero-order chi connectivity index (χ0) is 18.0. The lowest BCUT2D eigenvalue weighted by Gasteiger charge is -2.08. The van der Waals surface area contributed by atoms with E-state index < -0.39 is 28.7 Å². The number of anilines is 1. The van der Waals surface area contributed by atoms with Gasteiger partial charge in [0.15, 0.2) is 0 Å². The summed E-state index contributed by atoms with van der Waals surface area (Å²) in [7, 11) is 0. The molecule has 0 saturated heterocycles. The summed E-state index contributed by atoms with van der Waals surface area (Å²) in [6.07, 6.45) is -0.160. The smallest absolute Gasteiger partial charge is 0.273 e. The van der Waals surface area contributed by atoms with Crippen molar-refractivity contribution in [3.05, 3.63) is 74.8 Å². The third-order valence-corrected chi connectivity index (χ3v) is 3.59. The van der Waals surface area contributed by atoms with E-state index in [1.54, 1.807) is 12.1 Å². The molecule has 0 fully saturated rings. The Balaban J connectivity index is 1.76. The minimum Gasteiger partial charge on any atom is -0.326 e. The Bertz CT molecular complexity index is 1050. The number of fused-ring (bicyclic) bond motifs is 1. The van der Waals surface area contributed by atoms with E-state index in [1.165, 1.54) is 12.1 Å². The van der Waals surface area contributed by atoms with Crippen molar-refractivity contribution < 1.29 is 13.6 Å². The maximum Gasteiger partial charge on any atom is 0.273 e. The van der Waals surface area contributed by atoms with Crippen molar-refractivity contribution in [2.24, 2.45) is 0 Å². The summed E-state index contributed by atoms with van der Waals surface area (Å²) in [5.41, 5.74) is -0.899. The predicted octanol–water partition coefficient (Wildman–Crippen LogP) is 2.00. The zero-order valence-electron chi connectivity index (χ0n) is 12.9. The molecule has 25 heavy (non-hydrogen) atoms. The van der Waals surface area contributed by atoms with Crippen LogP contribution in [0.4, 0.5) is 14.5 Å². The fourth-order valence-corrected chi connectivity index (χ4v) is 2.47. The van der Waals surface area contributed by atoms with E-state index in [1.807, 2.05) is 0 Å². The molecule has 2 aromatic carbocycles. The summed E-state index contributed by atoms with van der Waals surface area (Å²) in [5, 5.41) is 5.26. The van der Waals surface area contributed by atoms with Gasteiger partial charge < -0.3 is 5.32 Å². The molecule has 0 saturated carbocycles. The Morgan fingerprint density at radius 1 is 1.04 bits per heavy atom. The zero-order valence-corrected chi connectivity index (χ0v) is 12.9. The average molecular weight is 345 g/mol. The number of hydrogen-bond acceptors (Lipinski definition) is 3. The van der Waals surface area contributed by atoms with Crippen LogP contribution >= 0.6 is 0 Å². The van der Waals surface area contributed by atoms with E-state index >= 15 is 0 Å². The van der Waals surface area contributed by atoms with E-state index in [0.29, 0.717) is 6.07 Å². The first-order chi connectivity index (χ1) is 11.9. The van der Waals surface area contributed by atoms with E-state index in [9.17, 15) is 23.2 Å². The van der Waals surface area contributed by atoms with Crippen molar-refractivity contribution in [3.63, 3.8) is 0 Å². The molecule has 8 heteroatoms. The topological polar surface area (TPSA) is 84.0 Å². The summed E-state index contributed by atoms with van der Waals surface area (Å²) >= 11 is 0. The van der Waals surface area contributed by atoms with Crippen LogP contribution in [0.3, 0.4) is 0 Å². The van der Waals surface area contributed by atoms with Gasteiger partial charge in [0.2, 0.25) is 5.91 Å². The first-order valence-electron chi connectivity index (χ1n) is 7.42. The Kier molecular flexibility index (Phi) is 4.42. The Labute approximate surface area is 139 Å². The lowest BCUT2D eigenvalue weighted by atomic mass is 10.2. The SMILES string of the molecule is O=C(CCn1[nH]c(=O)c2ccccc2c1=O)Nc1cc(F)cc(F)c1. The van der Waals surface area contributed by atoms with Crippen LogP contribution in [0.2, 0.25) is 0 Å². The van der Waals surface area contributed by atoms with Crippen LogP contribution in [0.25, 0.3) is 10.8 Å². The number of carbonyl (C=O) groups is 1. The van der Waals surface area contributed by atoms with Gasteiger partial charge in [0.1, 0.15) is 11.6 Å². The molecule has 3 aromatic rings. The monoisotopic (exact) mass is 345 g/mol. The predicted molar refractivity (Wildman–Crippen MR) is 88.4 cm³/mol. The number of aromatic nitrogens is 2. The average Bonchev–Trinajstić information content (AvgIpc) is 2.56. The van der Waals surface area contributed by atoms with Crippen LogP contribution in [0.5, 0.6) is 0 Å². The van der Waals surface area contributed by atoms with Gasteiger partial charge in [-0.1, -0.05) is 12.1 Å². The van der Waals surface area contributed by atoms with Crippen molar-refractivity contribution in [2.75, 3.05) is 5.32 Å². The van der Waals surface area contributed by atoms with Crippen molar-refractivity contribution in [3.8, 4) is 0 Å². The number of rotatable bonds is 4. The molecule has 0 atom stereocenters. The van der Waals surface area contributed by atoms with Gasteiger partial charge in [-0.2, -0.15) is 0 Å². The number of benzene rings is 2. The molecule has 1 amide bonds. The summed E-state index contributed by atoms with van der Waals surface area (Å²) in [6.45, 7) is -0.0808. The van der Waals surface area contributed by atoms with Gasteiger partial charge in [0, 0.05) is 18.2 Å². The molecule has 128 valence electrons. The van der Waals surface area contributed by atoms with Gasteiger partial charge >= 0.3 is 0 Å². The summed E-state index contributed by atoms with van der Waals surface area (Å²) < 4.78 is 27.2. The molecule has 0 aliphatic carbocycles. The van der Waals surface area contributed by atoms with Gasteiger partial charge in [-0.25, -0.2) is 13.5 Å². The highest BCUT2D eigenvalue weighted by molar-refractivity contribution is 5.90. The van der Waals surface area contributed by atoms with E-state index in [-0.39, 0.29) is 29.4 Å². The minimum atomic E-state index is -0.814. The summed E-state index contributed by atoms with van der Waals surface area (Å²) in [4.78, 5) is 36.2. The van der Waals surface area contributed by atoms with Crippen LogP contribution < -0.4 is 16.4 Å². The number of carbonyl (C=O) groups excluding carboxylic acids is 1. The first kappa shape index (κ1) is 16.6. The number of nitrogens with one attached hydrogen (secondary N) is 2. The highest BCUT2D eigenvalue weighted by atomic mass is 19.1. The molecule has 1 heterocycles. The number of aromatic amines is 1. The highest BCUT2D eigenvalue weighted by Crippen LogP contribution is 2.13. The van der Waals surface area contributed by atoms with Crippen LogP contribution in [-0.4, -0.2) is 15.7 Å². The number of halogens is 2. The second kappa shape index (κ2) is 6.68. The second-order valence-corrected chi connectivity index (χ2v) is 5.40. The molecule has 0 bridgehead atoms. The lowest BCUT2D eigenvalue weighted by Crippen LogP contribution is -2.31. The third kappa shape index (κ3) is 3.63. The van der Waals surface area contributed by atoms with E-state index in [2.05, 4.69) is 10.4 Å². The lowest BCUT2D eigenvalue weighted by molar-refractivity contribution is -0.116. The van der Waals surface area contributed by atoms with Gasteiger partial charge in [-0.05, 0) is 24.3 Å². The van der Waals surface area contributed by atoms with Gasteiger partial charge in [-0.3, -0.25) is 19.5 Å². The van der Waals surface area contributed by atoms with Gasteiger partial charge in [-0.15, -0.1) is 0 Å². The van der Waals surface area contributed by atoms with Crippen molar-refractivity contribution >= 4 is 22.4 Å².